The fourth-order valence-electron chi connectivity index (χ4n) is 3.88. The molecule has 2 aliphatic rings. The molecule has 0 spiro atoms. The van der Waals surface area contributed by atoms with Gasteiger partial charge >= 0.3 is 0 Å². The average Bonchev–Trinajstić information content (AvgIpc) is 3.29. The minimum absolute atomic E-state index is 0.165. The lowest BCUT2D eigenvalue weighted by Gasteiger charge is -2.34. The third-order valence-electron chi connectivity index (χ3n) is 5.93. The minimum atomic E-state index is 0.165. The molecule has 1 aromatic rings. The van der Waals surface area contributed by atoms with Crippen molar-refractivity contribution in [2.45, 2.75) is 26.8 Å². The highest BCUT2D eigenvalue weighted by Gasteiger charge is 2.18. The molecule has 1 aromatic carbocycles. The van der Waals surface area contributed by atoms with Gasteiger partial charge in [-0.25, -0.2) is 0 Å². The number of amides is 1. The van der Waals surface area contributed by atoms with Crippen molar-refractivity contribution in [1.29, 1.82) is 0 Å². The highest BCUT2D eigenvalue weighted by Crippen LogP contribution is 2.22. The summed E-state index contributed by atoms with van der Waals surface area (Å²) in [5.74, 6) is 2.35. The van der Waals surface area contributed by atoms with Crippen molar-refractivity contribution in [2.24, 2.45) is 10.9 Å². The Labute approximate surface area is 186 Å². The maximum absolute atomic E-state index is 11.4. The number of carbonyl (C=O) groups is 1. The molecule has 0 aromatic heterocycles. The molecule has 2 saturated heterocycles. The number of piperazine rings is 1. The van der Waals surface area contributed by atoms with Gasteiger partial charge in [0.2, 0.25) is 5.91 Å². The second kappa shape index (κ2) is 11.9. The molecule has 31 heavy (non-hydrogen) atoms. The van der Waals surface area contributed by atoms with Gasteiger partial charge in [-0.15, -0.1) is 0 Å². The molecule has 1 unspecified atom stereocenters. The minimum Gasteiger partial charge on any atom is -0.493 e. The summed E-state index contributed by atoms with van der Waals surface area (Å²) in [5, 5.41) is 6.78. The van der Waals surface area contributed by atoms with Crippen LogP contribution in [0.2, 0.25) is 0 Å². The van der Waals surface area contributed by atoms with Crippen LogP contribution in [0.25, 0.3) is 0 Å². The van der Waals surface area contributed by atoms with Gasteiger partial charge in [-0.05, 0) is 25.0 Å². The van der Waals surface area contributed by atoms with Crippen LogP contribution >= 0.6 is 0 Å². The molecule has 2 aliphatic heterocycles. The van der Waals surface area contributed by atoms with Crippen LogP contribution in [-0.4, -0.2) is 87.8 Å². The van der Waals surface area contributed by atoms with Gasteiger partial charge in [-0.1, -0.05) is 12.1 Å². The monoisotopic (exact) mass is 431 g/mol. The number of aryl methyl sites for hydroxylation is 1. The SMILES string of the molecule is CN=C(NCCN1CCN(C(C)=O)CC1)NCc1ccc(C)cc1OCC1CCOC1. The van der Waals surface area contributed by atoms with E-state index in [1.165, 1.54) is 5.56 Å². The summed E-state index contributed by atoms with van der Waals surface area (Å²) < 4.78 is 11.6. The van der Waals surface area contributed by atoms with Crippen LogP contribution in [0.3, 0.4) is 0 Å². The molecular formula is C23H37N5O3. The van der Waals surface area contributed by atoms with E-state index in [4.69, 9.17) is 9.47 Å². The highest BCUT2D eigenvalue weighted by molar-refractivity contribution is 5.79. The Morgan fingerprint density at radius 2 is 2.06 bits per heavy atom. The van der Waals surface area contributed by atoms with Gasteiger partial charge in [-0.3, -0.25) is 14.7 Å². The zero-order valence-electron chi connectivity index (χ0n) is 19.2. The number of carbonyl (C=O) groups excluding carboxylic acids is 1. The Morgan fingerprint density at radius 3 is 2.74 bits per heavy atom. The summed E-state index contributed by atoms with van der Waals surface area (Å²) in [6.45, 7) is 11.9. The molecule has 0 aliphatic carbocycles. The van der Waals surface area contributed by atoms with Crippen LogP contribution in [0.4, 0.5) is 0 Å². The third-order valence-corrected chi connectivity index (χ3v) is 5.93. The van der Waals surface area contributed by atoms with Crippen LogP contribution in [0.15, 0.2) is 23.2 Å². The van der Waals surface area contributed by atoms with Gasteiger partial charge < -0.3 is 25.0 Å². The van der Waals surface area contributed by atoms with E-state index >= 15 is 0 Å². The van der Waals surface area contributed by atoms with Crippen molar-refractivity contribution in [3.8, 4) is 5.75 Å². The molecule has 2 N–H and O–H groups in total. The van der Waals surface area contributed by atoms with Gasteiger partial charge in [0.05, 0.1) is 13.2 Å². The van der Waals surface area contributed by atoms with E-state index in [1.54, 1.807) is 14.0 Å². The summed E-state index contributed by atoms with van der Waals surface area (Å²) in [5.41, 5.74) is 2.31. The summed E-state index contributed by atoms with van der Waals surface area (Å²) in [4.78, 5) is 20.1. The Bertz CT molecular complexity index is 741. The zero-order valence-corrected chi connectivity index (χ0v) is 19.2. The van der Waals surface area contributed by atoms with Crippen LogP contribution in [-0.2, 0) is 16.1 Å². The van der Waals surface area contributed by atoms with E-state index in [0.717, 1.165) is 76.2 Å². The summed E-state index contributed by atoms with van der Waals surface area (Å²) in [6.07, 6.45) is 1.07. The number of rotatable bonds is 8. The first-order valence-corrected chi connectivity index (χ1v) is 11.3. The Morgan fingerprint density at radius 1 is 1.26 bits per heavy atom. The number of ether oxygens (including phenoxy) is 2. The second-order valence-corrected chi connectivity index (χ2v) is 8.35. The van der Waals surface area contributed by atoms with Crippen LogP contribution in [0, 0.1) is 12.8 Å². The number of nitrogens with one attached hydrogen (secondary N) is 2. The predicted molar refractivity (Wildman–Crippen MR) is 122 cm³/mol. The molecule has 1 atom stereocenters. The second-order valence-electron chi connectivity index (χ2n) is 8.35. The number of hydrogen-bond acceptors (Lipinski definition) is 5. The molecule has 8 nitrogen and oxygen atoms in total. The van der Waals surface area contributed by atoms with Crippen molar-refractivity contribution in [3.05, 3.63) is 29.3 Å². The molecule has 0 saturated carbocycles. The van der Waals surface area contributed by atoms with Crippen LogP contribution in [0.5, 0.6) is 5.75 Å². The molecule has 3 rings (SSSR count). The van der Waals surface area contributed by atoms with E-state index < -0.39 is 0 Å². The molecule has 0 bridgehead atoms. The lowest BCUT2D eigenvalue weighted by atomic mass is 10.1. The van der Waals surface area contributed by atoms with E-state index in [9.17, 15) is 4.79 Å². The van der Waals surface area contributed by atoms with E-state index in [0.29, 0.717) is 19.1 Å². The first-order chi connectivity index (χ1) is 15.0. The third kappa shape index (κ3) is 7.40. The van der Waals surface area contributed by atoms with E-state index in [-0.39, 0.29) is 5.91 Å². The topological polar surface area (TPSA) is 78.4 Å². The Hall–Kier alpha value is -2.32. The largest absolute Gasteiger partial charge is 0.493 e. The smallest absolute Gasteiger partial charge is 0.219 e. The van der Waals surface area contributed by atoms with E-state index in [1.807, 2.05) is 4.90 Å². The van der Waals surface area contributed by atoms with Gasteiger partial charge in [0.25, 0.3) is 0 Å². The van der Waals surface area contributed by atoms with Crippen molar-refractivity contribution >= 4 is 11.9 Å². The fraction of sp³-hybridized carbons (Fsp3) is 0.652. The number of benzene rings is 1. The van der Waals surface area contributed by atoms with Gasteiger partial charge in [0, 0.05) is 77.9 Å². The van der Waals surface area contributed by atoms with Crippen molar-refractivity contribution in [1.82, 2.24) is 20.4 Å². The molecule has 8 heteroatoms. The van der Waals surface area contributed by atoms with Crippen LogP contribution in [0.1, 0.15) is 24.5 Å². The maximum atomic E-state index is 11.4. The lowest BCUT2D eigenvalue weighted by Crippen LogP contribution is -2.50. The molecule has 172 valence electrons. The van der Waals surface area contributed by atoms with Gasteiger partial charge in [-0.2, -0.15) is 0 Å². The normalized spacial score (nSPS) is 20.0. The number of aliphatic imine (C=N–C) groups is 1. The molecular weight excluding hydrogens is 394 g/mol. The summed E-state index contributed by atoms with van der Waals surface area (Å²) in [6, 6.07) is 6.33. The van der Waals surface area contributed by atoms with Gasteiger partial charge in [0.1, 0.15) is 5.75 Å². The molecule has 2 heterocycles. The lowest BCUT2D eigenvalue weighted by molar-refractivity contribution is -0.130. The maximum Gasteiger partial charge on any atom is 0.219 e. The van der Waals surface area contributed by atoms with Gasteiger partial charge in [0.15, 0.2) is 5.96 Å². The van der Waals surface area contributed by atoms with Crippen molar-refractivity contribution in [3.63, 3.8) is 0 Å². The quantitative estimate of drug-likeness (QED) is 0.476. The summed E-state index contributed by atoms with van der Waals surface area (Å²) >= 11 is 0. The van der Waals surface area contributed by atoms with E-state index in [2.05, 4.69) is 45.6 Å². The van der Waals surface area contributed by atoms with Crippen LogP contribution < -0.4 is 15.4 Å². The molecule has 2 fully saturated rings. The first kappa shape index (κ1) is 23.3. The predicted octanol–water partition coefficient (Wildman–Crippen LogP) is 1.24. The zero-order chi connectivity index (χ0) is 22.1. The highest BCUT2D eigenvalue weighted by atomic mass is 16.5. The Kier molecular flexibility index (Phi) is 8.97. The fourth-order valence-corrected chi connectivity index (χ4v) is 3.88. The molecule has 1 amide bonds. The Balaban J connectivity index is 1.42. The average molecular weight is 432 g/mol. The number of guanidine groups is 1. The van der Waals surface area contributed by atoms with Crippen molar-refractivity contribution in [2.75, 3.05) is 66.1 Å². The van der Waals surface area contributed by atoms with Crippen molar-refractivity contribution < 1.29 is 14.3 Å². The number of nitrogens with zero attached hydrogens (tertiary/aromatic N) is 3. The molecule has 0 radical (unpaired) electrons. The summed E-state index contributed by atoms with van der Waals surface area (Å²) in [7, 11) is 1.79. The standard InChI is InChI=1S/C23H37N5O3/c1-18-4-5-21(22(14-18)31-17-20-6-13-30-16-20)15-26-23(24-3)25-7-8-27-9-11-28(12-10-27)19(2)29/h4-5,14,20H,6-13,15-17H2,1-3H3,(H2,24,25,26). The number of hydrogen-bond donors (Lipinski definition) is 2. The first-order valence-electron chi connectivity index (χ1n) is 11.3.